The van der Waals surface area contributed by atoms with E-state index < -0.39 is 0 Å². The van der Waals surface area contributed by atoms with Crippen LogP contribution < -0.4 is 9.47 Å². The van der Waals surface area contributed by atoms with Crippen LogP contribution in [0.5, 0.6) is 17.2 Å². The van der Waals surface area contributed by atoms with Gasteiger partial charge in [-0.05, 0) is 152 Å². The zero-order chi connectivity index (χ0) is 38.9. The molecule has 0 saturated carbocycles. The average Bonchev–Trinajstić information content (AvgIpc) is 3.46. The van der Waals surface area contributed by atoms with Gasteiger partial charge in [0.2, 0.25) is 0 Å². The van der Waals surface area contributed by atoms with Crippen LogP contribution in [0.1, 0.15) is 47.2 Å². The van der Waals surface area contributed by atoms with Crippen molar-refractivity contribution < 1.29 is 9.47 Å². The third-order valence-corrected chi connectivity index (χ3v) is 11.3. The summed E-state index contributed by atoms with van der Waals surface area (Å²) in [4.78, 5) is 0. The van der Waals surface area contributed by atoms with Crippen molar-refractivity contribution in [1.29, 1.82) is 0 Å². The molecule has 1 heterocycles. The van der Waals surface area contributed by atoms with Crippen LogP contribution in [0.15, 0.2) is 189 Å². The minimum Gasteiger partial charge on any atom is -0.464 e. The third kappa shape index (κ3) is 7.19. The topological polar surface area (TPSA) is 18.5 Å². The van der Waals surface area contributed by atoms with Gasteiger partial charge in [-0.25, -0.2) is 0 Å². The molecule has 1 aliphatic carbocycles. The van der Waals surface area contributed by atoms with Crippen LogP contribution in [0.2, 0.25) is 0 Å². The van der Waals surface area contributed by atoms with Gasteiger partial charge in [0.05, 0.1) is 6.26 Å². The Balaban J connectivity index is 0.988. The van der Waals surface area contributed by atoms with E-state index in [4.69, 9.17) is 9.47 Å². The number of rotatable bonds is 8. The molecule has 2 nitrogen and oxygen atoms in total. The summed E-state index contributed by atoms with van der Waals surface area (Å²) in [5.74, 6) is 2.47. The normalized spacial score (nSPS) is 14.8. The zero-order valence-electron chi connectivity index (χ0n) is 32.6. The Morgan fingerprint density at radius 1 is 0.596 bits per heavy atom. The first-order valence-electron chi connectivity index (χ1n) is 19.6. The highest BCUT2D eigenvalue weighted by Gasteiger charge is 2.35. The lowest BCUT2D eigenvalue weighted by atomic mass is 9.81. The lowest BCUT2D eigenvalue weighted by Gasteiger charge is -2.22. The van der Waals surface area contributed by atoms with Crippen molar-refractivity contribution in [2.45, 2.75) is 32.6 Å². The Hall–Kier alpha value is -6.90. The Morgan fingerprint density at radius 2 is 1.26 bits per heavy atom. The maximum absolute atomic E-state index is 6.22. The molecule has 0 radical (unpaired) electrons. The summed E-state index contributed by atoms with van der Waals surface area (Å²) < 4.78 is 12.1. The summed E-state index contributed by atoms with van der Waals surface area (Å²) >= 11 is 0. The number of para-hydroxylation sites is 1. The van der Waals surface area contributed by atoms with E-state index in [1.54, 1.807) is 6.26 Å². The number of hydrogen-bond donors (Lipinski definition) is 0. The number of aryl methyl sites for hydroxylation is 1. The summed E-state index contributed by atoms with van der Waals surface area (Å²) in [6.07, 6.45) is 12.9. The van der Waals surface area contributed by atoms with Crippen molar-refractivity contribution >= 4 is 11.6 Å². The fourth-order valence-electron chi connectivity index (χ4n) is 8.13. The fourth-order valence-corrected chi connectivity index (χ4v) is 8.13. The molecule has 0 fully saturated rings. The molecule has 0 saturated heterocycles. The molecule has 0 aromatic heterocycles. The first-order chi connectivity index (χ1) is 27.8. The average molecular weight is 737 g/mol. The van der Waals surface area contributed by atoms with Gasteiger partial charge in [-0.1, -0.05) is 142 Å². The van der Waals surface area contributed by atoms with Crippen LogP contribution >= 0.6 is 0 Å². The van der Waals surface area contributed by atoms with Crippen LogP contribution in [0.25, 0.3) is 56.2 Å². The lowest BCUT2D eigenvalue weighted by molar-refractivity contribution is 0.479. The van der Waals surface area contributed by atoms with E-state index in [0.717, 1.165) is 68.2 Å². The molecule has 0 amide bonds. The highest BCUT2D eigenvalue weighted by atomic mass is 16.5. The van der Waals surface area contributed by atoms with Gasteiger partial charge in [0.1, 0.15) is 17.2 Å². The third-order valence-electron chi connectivity index (χ3n) is 11.3. The van der Waals surface area contributed by atoms with Gasteiger partial charge in [0.15, 0.2) is 0 Å². The molecule has 0 N–H and O–H groups in total. The first-order valence-corrected chi connectivity index (χ1v) is 19.6. The number of hydrogen-bond acceptors (Lipinski definition) is 2. The molecular weight excluding hydrogens is 693 g/mol. The summed E-state index contributed by atoms with van der Waals surface area (Å²) in [5, 5.41) is 0. The van der Waals surface area contributed by atoms with E-state index in [-0.39, 0.29) is 5.41 Å². The van der Waals surface area contributed by atoms with Gasteiger partial charge in [0, 0.05) is 11.0 Å². The molecule has 0 unspecified atom stereocenters. The summed E-state index contributed by atoms with van der Waals surface area (Å²) in [6, 6.07) is 54.4. The van der Waals surface area contributed by atoms with Crippen molar-refractivity contribution in [2.75, 3.05) is 0 Å². The van der Waals surface area contributed by atoms with E-state index >= 15 is 0 Å². The van der Waals surface area contributed by atoms with Crippen LogP contribution in [0.4, 0.5) is 0 Å². The second-order valence-corrected chi connectivity index (χ2v) is 15.5. The molecule has 1 aliphatic heterocycles. The van der Waals surface area contributed by atoms with Crippen molar-refractivity contribution in [3.63, 3.8) is 0 Å². The largest absolute Gasteiger partial charge is 0.464 e. The van der Waals surface area contributed by atoms with E-state index in [2.05, 4.69) is 155 Å². The van der Waals surface area contributed by atoms with Crippen molar-refractivity contribution in [2.24, 2.45) is 0 Å². The smallest absolute Gasteiger partial charge is 0.134 e. The van der Waals surface area contributed by atoms with Crippen LogP contribution in [0, 0.1) is 6.92 Å². The monoisotopic (exact) mass is 736 g/mol. The van der Waals surface area contributed by atoms with Crippen molar-refractivity contribution in [1.82, 2.24) is 0 Å². The standard InChI is InChI=1S/C55H44O2/c1-37-12-9-10-31-56-54-30-26-43(35-50(37)54)46-33-40(32-45(34-46)42-23-27-47(28-24-42)57-53-18-8-5-13-38(53)2)15-11-14-39-19-21-41(22-20-39)44-25-29-49-48-16-6-7-17-51(48)55(3,4)52(49)36-44/h5-13,15-36H,1,14H2,2-4H3/b12-9-,15-11-,31-10-. The lowest BCUT2D eigenvalue weighted by Crippen LogP contribution is -2.14. The second-order valence-electron chi connectivity index (χ2n) is 15.5. The number of ether oxygens (including phenoxy) is 2. The van der Waals surface area contributed by atoms with Crippen molar-refractivity contribution in [3.8, 4) is 61.8 Å². The van der Waals surface area contributed by atoms with Crippen LogP contribution in [-0.4, -0.2) is 0 Å². The molecule has 0 bridgehead atoms. The van der Waals surface area contributed by atoms with E-state index in [1.807, 2.05) is 54.6 Å². The van der Waals surface area contributed by atoms with Gasteiger partial charge in [0.25, 0.3) is 0 Å². The molecular formula is C55H44O2. The maximum Gasteiger partial charge on any atom is 0.134 e. The zero-order valence-corrected chi connectivity index (χ0v) is 32.6. The van der Waals surface area contributed by atoms with E-state index in [9.17, 15) is 0 Å². The molecule has 0 spiro atoms. The SMILES string of the molecule is C=C1/C=C\C=C/Oc2ccc(-c3cc(/C=C\Cc4ccc(-c5ccc6c(c5)C(C)(C)c5ccccc5-6)cc4)cc(-c4ccc(Oc5ccccc5C)cc4)c3)cc21. The minimum atomic E-state index is -0.0140. The minimum absolute atomic E-state index is 0.0140. The number of allylic oxidation sites excluding steroid dienone is 5. The predicted molar refractivity (Wildman–Crippen MR) is 239 cm³/mol. The summed E-state index contributed by atoms with van der Waals surface area (Å²) in [6.45, 7) is 11.1. The summed E-state index contributed by atoms with van der Waals surface area (Å²) in [7, 11) is 0. The molecule has 7 aromatic carbocycles. The number of benzene rings is 7. The highest BCUT2D eigenvalue weighted by Crippen LogP contribution is 2.49. The maximum atomic E-state index is 6.22. The van der Waals surface area contributed by atoms with Crippen molar-refractivity contribution in [3.05, 3.63) is 222 Å². The molecule has 57 heavy (non-hydrogen) atoms. The Kier molecular flexibility index (Phi) is 9.40. The van der Waals surface area contributed by atoms with Gasteiger partial charge >= 0.3 is 0 Å². The molecule has 7 aromatic rings. The Morgan fingerprint density at radius 3 is 2.09 bits per heavy atom. The van der Waals surface area contributed by atoms with Crippen LogP contribution in [0.3, 0.4) is 0 Å². The first kappa shape index (κ1) is 35.8. The van der Waals surface area contributed by atoms with Gasteiger partial charge < -0.3 is 9.47 Å². The molecule has 0 atom stereocenters. The molecule has 9 rings (SSSR count). The number of fused-ring (bicyclic) bond motifs is 4. The molecule has 276 valence electrons. The van der Waals surface area contributed by atoms with E-state index in [0.29, 0.717) is 0 Å². The van der Waals surface area contributed by atoms with E-state index in [1.165, 1.54) is 38.9 Å². The Labute approximate surface area is 336 Å². The second kappa shape index (κ2) is 15.0. The molecule has 2 heteroatoms. The van der Waals surface area contributed by atoms with Gasteiger partial charge in [-0.15, -0.1) is 0 Å². The highest BCUT2D eigenvalue weighted by molar-refractivity contribution is 5.85. The quantitative estimate of drug-likeness (QED) is 0.155. The van der Waals surface area contributed by atoms with Gasteiger partial charge in [-0.3, -0.25) is 0 Å². The van der Waals surface area contributed by atoms with Gasteiger partial charge in [-0.2, -0.15) is 0 Å². The predicted octanol–water partition coefficient (Wildman–Crippen LogP) is 14.8. The summed E-state index contributed by atoms with van der Waals surface area (Å²) in [5.41, 5.74) is 17.8. The Bertz CT molecular complexity index is 2740. The fraction of sp³-hybridized carbons (Fsp3) is 0.0909. The van der Waals surface area contributed by atoms with Crippen LogP contribution in [-0.2, 0) is 11.8 Å². The molecule has 2 aliphatic rings.